The standard InChI is InChI=1S/C8H9NO2/c10-6-3-7(5-1-2-5)9-8(11)4-6/h3-5H,1-2H2,(H2,9,10,11). The van der Waals surface area contributed by atoms with Gasteiger partial charge in [-0.3, -0.25) is 0 Å². The van der Waals surface area contributed by atoms with E-state index in [1.807, 2.05) is 0 Å². The van der Waals surface area contributed by atoms with Crippen LogP contribution in [-0.2, 0) is 0 Å². The number of nitrogens with zero attached hydrogens (tertiary/aromatic N) is 1. The molecule has 1 fully saturated rings. The molecule has 0 aromatic carbocycles. The Morgan fingerprint density at radius 2 is 2.00 bits per heavy atom. The van der Waals surface area contributed by atoms with Gasteiger partial charge in [-0.25, -0.2) is 4.98 Å². The number of hydrogen-bond donors (Lipinski definition) is 2. The Morgan fingerprint density at radius 3 is 2.55 bits per heavy atom. The zero-order valence-electron chi connectivity index (χ0n) is 5.99. The normalized spacial score (nSPS) is 16.7. The van der Waals surface area contributed by atoms with E-state index in [9.17, 15) is 0 Å². The Bertz CT molecular complexity index is 261. The van der Waals surface area contributed by atoms with E-state index < -0.39 is 0 Å². The highest BCUT2D eigenvalue weighted by Gasteiger charge is 2.25. The molecule has 1 aliphatic carbocycles. The number of aromatic nitrogens is 1. The van der Waals surface area contributed by atoms with Gasteiger partial charge in [0.1, 0.15) is 5.75 Å². The van der Waals surface area contributed by atoms with Gasteiger partial charge in [0.2, 0.25) is 5.88 Å². The third-order valence-electron chi connectivity index (χ3n) is 1.81. The lowest BCUT2D eigenvalue weighted by Crippen LogP contribution is -1.84. The van der Waals surface area contributed by atoms with E-state index in [0.29, 0.717) is 5.92 Å². The van der Waals surface area contributed by atoms with Gasteiger partial charge in [-0.05, 0) is 12.8 Å². The molecule has 3 heteroatoms. The molecule has 2 rings (SSSR count). The molecule has 0 aliphatic heterocycles. The number of hydrogen-bond acceptors (Lipinski definition) is 3. The topological polar surface area (TPSA) is 53.4 Å². The van der Waals surface area contributed by atoms with Crippen LogP contribution in [0.3, 0.4) is 0 Å². The lowest BCUT2D eigenvalue weighted by Gasteiger charge is -1.98. The largest absolute Gasteiger partial charge is 0.508 e. The van der Waals surface area contributed by atoms with Crippen molar-refractivity contribution in [2.75, 3.05) is 0 Å². The first-order valence-corrected chi connectivity index (χ1v) is 3.65. The summed E-state index contributed by atoms with van der Waals surface area (Å²) in [7, 11) is 0. The molecule has 3 nitrogen and oxygen atoms in total. The van der Waals surface area contributed by atoms with Crippen LogP contribution >= 0.6 is 0 Å². The van der Waals surface area contributed by atoms with Crippen LogP contribution < -0.4 is 0 Å². The second kappa shape index (κ2) is 2.12. The predicted molar refractivity (Wildman–Crippen MR) is 39.5 cm³/mol. The van der Waals surface area contributed by atoms with Crippen LogP contribution in [0.2, 0.25) is 0 Å². The van der Waals surface area contributed by atoms with Crippen molar-refractivity contribution in [3.8, 4) is 11.6 Å². The van der Waals surface area contributed by atoms with Crippen LogP contribution in [0.5, 0.6) is 11.6 Å². The van der Waals surface area contributed by atoms with Crippen molar-refractivity contribution < 1.29 is 10.2 Å². The van der Waals surface area contributed by atoms with E-state index in [4.69, 9.17) is 10.2 Å². The van der Waals surface area contributed by atoms with Gasteiger partial charge in [-0.2, -0.15) is 0 Å². The molecule has 1 aromatic heterocycles. The molecule has 0 saturated heterocycles. The molecule has 0 unspecified atom stereocenters. The van der Waals surface area contributed by atoms with Gasteiger partial charge in [-0.1, -0.05) is 0 Å². The fourth-order valence-corrected chi connectivity index (χ4v) is 1.11. The van der Waals surface area contributed by atoms with E-state index in [1.54, 1.807) is 6.07 Å². The second-order valence-corrected chi connectivity index (χ2v) is 2.88. The van der Waals surface area contributed by atoms with Crippen LogP contribution in [0.25, 0.3) is 0 Å². The zero-order valence-corrected chi connectivity index (χ0v) is 5.99. The minimum atomic E-state index is -0.0908. The Labute approximate surface area is 64.3 Å². The molecule has 1 saturated carbocycles. The molecule has 1 heterocycles. The molecule has 0 radical (unpaired) electrons. The first kappa shape index (κ1) is 6.46. The predicted octanol–water partition coefficient (Wildman–Crippen LogP) is 1.37. The fraction of sp³-hybridized carbons (Fsp3) is 0.375. The summed E-state index contributed by atoms with van der Waals surface area (Å²) in [4.78, 5) is 3.89. The van der Waals surface area contributed by atoms with Gasteiger partial charge in [0.15, 0.2) is 0 Å². The van der Waals surface area contributed by atoms with Crippen LogP contribution in [0.1, 0.15) is 24.5 Å². The summed E-state index contributed by atoms with van der Waals surface area (Å²) in [5, 5.41) is 18.1. The van der Waals surface area contributed by atoms with E-state index in [1.165, 1.54) is 6.07 Å². The maximum atomic E-state index is 9.07. The molecule has 11 heavy (non-hydrogen) atoms. The third-order valence-corrected chi connectivity index (χ3v) is 1.81. The molecule has 2 N–H and O–H groups in total. The van der Waals surface area contributed by atoms with E-state index in [2.05, 4.69) is 4.98 Å². The van der Waals surface area contributed by atoms with Gasteiger partial charge in [-0.15, -0.1) is 0 Å². The van der Waals surface area contributed by atoms with Crippen LogP contribution in [0.15, 0.2) is 12.1 Å². The van der Waals surface area contributed by atoms with Crippen molar-refractivity contribution >= 4 is 0 Å². The van der Waals surface area contributed by atoms with Crippen LogP contribution in [0, 0.1) is 0 Å². The number of pyridine rings is 1. The van der Waals surface area contributed by atoms with Crippen LogP contribution in [0.4, 0.5) is 0 Å². The molecule has 58 valence electrons. The number of rotatable bonds is 1. The lowest BCUT2D eigenvalue weighted by molar-refractivity contribution is 0.432. The second-order valence-electron chi connectivity index (χ2n) is 2.88. The lowest BCUT2D eigenvalue weighted by atomic mass is 10.2. The van der Waals surface area contributed by atoms with Crippen molar-refractivity contribution in [2.24, 2.45) is 0 Å². The Hall–Kier alpha value is -1.25. The molecule has 0 amide bonds. The number of aromatic hydroxyl groups is 2. The highest BCUT2D eigenvalue weighted by Crippen LogP contribution is 2.40. The highest BCUT2D eigenvalue weighted by molar-refractivity contribution is 5.31. The molecule has 1 aromatic rings. The molecular weight excluding hydrogens is 142 g/mol. The molecular formula is C8H9NO2. The summed E-state index contributed by atoms with van der Waals surface area (Å²) in [6.07, 6.45) is 2.24. The highest BCUT2D eigenvalue weighted by atomic mass is 16.3. The molecule has 0 atom stereocenters. The average Bonchev–Trinajstić information content (AvgIpc) is 2.64. The van der Waals surface area contributed by atoms with Gasteiger partial charge >= 0.3 is 0 Å². The first-order chi connectivity index (χ1) is 5.25. The molecule has 0 bridgehead atoms. The summed E-state index contributed by atoms with van der Waals surface area (Å²) in [6.45, 7) is 0. The van der Waals surface area contributed by atoms with Crippen molar-refractivity contribution in [3.63, 3.8) is 0 Å². The van der Waals surface area contributed by atoms with Crippen molar-refractivity contribution in [1.29, 1.82) is 0 Å². The van der Waals surface area contributed by atoms with E-state index in [0.717, 1.165) is 18.5 Å². The Balaban J connectivity index is 2.39. The quantitative estimate of drug-likeness (QED) is 0.637. The maximum absolute atomic E-state index is 9.07. The minimum Gasteiger partial charge on any atom is -0.508 e. The zero-order chi connectivity index (χ0) is 7.84. The monoisotopic (exact) mass is 151 g/mol. The van der Waals surface area contributed by atoms with Gasteiger partial charge in [0.25, 0.3) is 0 Å². The smallest absolute Gasteiger partial charge is 0.214 e. The summed E-state index contributed by atoms with van der Waals surface area (Å²) in [6, 6.07) is 2.85. The summed E-state index contributed by atoms with van der Waals surface area (Å²) < 4.78 is 0. The van der Waals surface area contributed by atoms with Gasteiger partial charge < -0.3 is 10.2 Å². The maximum Gasteiger partial charge on any atom is 0.214 e. The summed E-state index contributed by atoms with van der Waals surface area (Å²) >= 11 is 0. The molecule has 0 spiro atoms. The van der Waals surface area contributed by atoms with E-state index in [-0.39, 0.29) is 11.6 Å². The summed E-state index contributed by atoms with van der Waals surface area (Å²) in [5.41, 5.74) is 0.808. The van der Waals surface area contributed by atoms with Gasteiger partial charge in [0.05, 0.1) is 5.69 Å². The Kier molecular flexibility index (Phi) is 1.24. The van der Waals surface area contributed by atoms with E-state index >= 15 is 0 Å². The summed E-state index contributed by atoms with van der Waals surface area (Å²) in [5.74, 6) is 0.472. The van der Waals surface area contributed by atoms with Crippen molar-refractivity contribution in [1.82, 2.24) is 4.98 Å². The third kappa shape index (κ3) is 1.27. The van der Waals surface area contributed by atoms with Crippen molar-refractivity contribution in [2.45, 2.75) is 18.8 Å². The molecule has 1 aliphatic rings. The SMILES string of the molecule is Oc1cc(O)nc(C2CC2)c1. The Morgan fingerprint density at radius 1 is 1.27 bits per heavy atom. The average molecular weight is 151 g/mol. The van der Waals surface area contributed by atoms with Crippen molar-refractivity contribution in [3.05, 3.63) is 17.8 Å². The first-order valence-electron chi connectivity index (χ1n) is 3.65. The fourth-order valence-electron chi connectivity index (χ4n) is 1.11. The van der Waals surface area contributed by atoms with Gasteiger partial charge in [0, 0.05) is 18.1 Å². The van der Waals surface area contributed by atoms with Crippen LogP contribution in [-0.4, -0.2) is 15.2 Å². The minimum absolute atomic E-state index is 0.0908.